The third-order valence-electron chi connectivity index (χ3n) is 2.51. The van der Waals surface area contributed by atoms with Gasteiger partial charge in [0.2, 0.25) is 0 Å². The Morgan fingerprint density at radius 3 is 2.67 bits per heavy atom. The summed E-state index contributed by atoms with van der Waals surface area (Å²) in [6.07, 6.45) is 0. The van der Waals surface area contributed by atoms with Gasteiger partial charge in [0, 0.05) is 17.9 Å². The zero-order chi connectivity index (χ0) is 13.0. The average Bonchev–Trinajstić information content (AvgIpc) is 2.37. The minimum atomic E-state index is -1.01. The first-order valence-electron chi connectivity index (χ1n) is 5.65. The highest BCUT2D eigenvalue weighted by Crippen LogP contribution is 2.13. The number of hydrogen-bond acceptors (Lipinski definition) is 3. The number of aryl methyl sites for hydroxylation is 1. The molecule has 0 aliphatic rings. The molecule has 0 aliphatic carbocycles. The van der Waals surface area contributed by atoms with Crippen LogP contribution in [0.4, 0.5) is 5.69 Å². The summed E-state index contributed by atoms with van der Waals surface area (Å²) < 4.78 is 0. The van der Waals surface area contributed by atoms with Crippen molar-refractivity contribution >= 4 is 11.7 Å². The average molecular weight is 242 g/mol. The van der Waals surface area contributed by atoms with Gasteiger partial charge < -0.3 is 10.4 Å². The highest BCUT2D eigenvalue weighted by Gasteiger charge is 2.06. The Labute approximate surface area is 105 Å². The molecule has 0 atom stereocenters. The van der Waals surface area contributed by atoms with Gasteiger partial charge in [-0.3, -0.25) is 0 Å². The van der Waals surface area contributed by atoms with Crippen molar-refractivity contribution in [3.8, 4) is 0 Å². The molecule has 4 heteroatoms. The molecule has 92 valence electrons. The van der Waals surface area contributed by atoms with Gasteiger partial charge in [0.1, 0.15) is 0 Å². The number of aromatic nitrogens is 1. The molecule has 0 aliphatic heterocycles. The third-order valence-corrected chi connectivity index (χ3v) is 2.51. The van der Waals surface area contributed by atoms with E-state index in [0.717, 1.165) is 11.3 Å². The molecule has 0 saturated heterocycles. The molecule has 4 nitrogen and oxygen atoms in total. The second kappa shape index (κ2) is 5.31. The normalized spacial score (nSPS) is 10.1. The van der Waals surface area contributed by atoms with Gasteiger partial charge in [-0.25, -0.2) is 9.78 Å². The van der Waals surface area contributed by atoms with Crippen molar-refractivity contribution in [1.82, 2.24) is 4.98 Å². The summed E-state index contributed by atoms with van der Waals surface area (Å²) in [6.45, 7) is 2.43. The van der Waals surface area contributed by atoms with Gasteiger partial charge in [-0.15, -0.1) is 0 Å². The fraction of sp³-hybridized carbons (Fsp3) is 0.143. The molecule has 0 unspecified atom stereocenters. The Morgan fingerprint density at radius 1 is 1.28 bits per heavy atom. The summed E-state index contributed by atoms with van der Waals surface area (Å²) in [5.74, 6) is -1.01. The second-order valence-electron chi connectivity index (χ2n) is 4.03. The van der Waals surface area contributed by atoms with Crippen LogP contribution in [0, 0.1) is 6.92 Å². The lowest BCUT2D eigenvalue weighted by Gasteiger charge is -2.08. The molecule has 0 fully saturated rings. The third kappa shape index (κ3) is 3.07. The molecule has 1 heterocycles. The van der Waals surface area contributed by atoms with E-state index in [9.17, 15) is 4.79 Å². The maximum atomic E-state index is 10.9. The fourth-order valence-electron chi connectivity index (χ4n) is 1.68. The summed E-state index contributed by atoms with van der Waals surface area (Å²) in [5.41, 5.74) is 2.66. The largest absolute Gasteiger partial charge is 0.477 e. The zero-order valence-corrected chi connectivity index (χ0v) is 10.1. The Bertz CT molecular complexity index is 553. The highest BCUT2D eigenvalue weighted by atomic mass is 16.4. The van der Waals surface area contributed by atoms with Crippen LogP contribution >= 0.6 is 0 Å². The van der Waals surface area contributed by atoms with E-state index >= 15 is 0 Å². The number of rotatable bonds is 4. The number of pyridine rings is 1. The topological polar surface area (TPSA) is 62.2 Å². The molecule has 0 radical (unpaired) electrons. The van der Waals surface area contributed by atoms with Crippen molar-refractivity contribution in [2.24, 2.45) is 0 Å². The first-order chi connectivity index (χ1) is 8.65. The summed E-state index contributed by atoms with van der Waals surface area (Å²) in [6, 6.07) is 13.3. The summed E-state index contributed by atoms with van der Waals surface area (Å²) in [5, 5.41) is 12.1. The van der Waals surface area contributed by atoms with Gasteiger partial charge in [-0.2, -0.15) is 0 Å². The molecule has 2 N–H and O–H groups in total. The van der Waals surface area contributed by atoms with Crippen LogP contribution in [-0.4, -0.2) is 16.1 Å². The van der Waals surface area contributed by atoms with Crippen molar-refractivity contribution in [2.45, 2.75) is 13.5 Å². The number of carbonyl (C=O) groups is 1. The molecule has 0 saturated carbocycles. The van der Waals surface area contributed by atoms with Crippen LogP contribution in [0.3, 0.4) is 0 Å². The Morgan fingerprint density at radius 2 is 2.00 bits per heavy atom. The second-order valence-corrected chi connectivity index (χ2v) is 4.03. The molecule has 2 rings (SSSR count). The van der Waals surface area contributed by atoms with E-state index in [0.29, 0.717) is 12.2 Å². The van der Waals surface area contributed by atoms with Crippen LogP contribution < -0.4 is 5.32 Å². The fourth-order valence-corrected chi connectivity index (χ4v) is 1.68. The predicted molar refractivity (Wildman–Crippen MR) is 69.7 cm³/mol. The first-order valence-corrected chi connectivity index (χ1v) is 5.65. The van der Waals surface area contributed by atoms with Crippen LogP contribution in [0.1, 0.15) is 21.7 Å². The molecular weight excluding hydrogens is 228 g/mol. The molecule has 0 amide bonds. The number of carboxylic acid groups (broad SMARTS) is 1. The predicted octanol–water partition coefficient (Wildman–Crippen LogP) is 2.70. The van der Waals surface area contributed by atoms with Gasteiger partial charge in [-0.05, 0) is 24.6 Å². The maximum Gasteiger partial charge on any atom is 0.354 e. The minimum Gasteiger partial charge on any atom is -0.477 e. The smallest absolute Gasteiger partial charge is 0.354 e. The van der Waals surface area contributed by atoms with Crippen LogP contribution in [-0.2, 0) is 6.54 Å². The molecule has 18 heavy (non-hydrogen) atoms. The van der Waals surface area contributed by atoms with Crippen molar-refractivity contribution in [1.29, 1.82) is 0 Å². The van der Waals surface area contributed by atoms with E-state index < -0.39 is 5.97 Å². The Hall–Kier alpha value is -2.36. The van der Waals surface area contributed by atoms with Gasteiger partial charge >= 0.3 is 5.97 Å². The number of hydrogen-bond donors (Lipinski definition) is 2. The quantitative estimate of drug-likeness (QED) is 0.865. The van der Waals surface area contributed by atoms with Gasteiger partial charge in [-0.1, -0.05) is 30.3 Å². The Kier molecular flexibility index (Phi) is 3.57. The SMILES string of the molecule is Cc1cc(NCc2ccccc2)cc(C(=O)O)n1. The Balaban J connectivity index is 2.12. The number of aromatic carboxylic acids is 1. The number of benzene rings is 1. The minimum absolute atomic E-state index is 0.0607. The number of nitrogens with one attached hydrogen (secondary N) is 1. The summed E-state index contributed by atoms with van der Waals surface area (Å²) >= 11 is 0. The van der Waals surface area contributed by atoms with Gasteiger partial charge in [0.25, 0.3) is 0 Å². The standard InChI is InChI=1S/C14H14N2O2/c1-10-7-12(8-13(16-10)14(17)18)15-9-11-5-3-2-4-6-11/h2-8H,9H2,1H3,(H,15,16)(H,17,18). The first kappa shape index (κ1) is 12.1. The van der Waals surface area contributed by atoms with Crippen LogP contribution in [0.25, 0.3) is 0 Å². The van der Waals surface area contributed by atoms with Crippen molar-refractivity contribution in [3.63, 3.8) is 0 Å². The monoisotopic (exact) mass is 242 g/mol. The van der Waals surface area contributed by atoms with E-state index in [1.54, 1.807) is 6.92 Å². The van der Waals surface area contributed by atoms with Gasteiger partial charge in [0.05, 0.1) is 0 Å². The van der Waals surface area contributed by atoms with Gasteiger partial charge in [0.15, 0.2) is 5.69 Å². The lowest BCUT2D eigenvalue weighted by atomic mass is 10.2. The van der Waals surface area contributed by atoms with Crippen molar-refractivity contribution < 1.29 is 9.90 Å². The maximum absolute atomic E-state index is 10.9. The van der Waals surface area contributed by atoms with Crippen LogP contribution in [0.2, 0.25) is 0 Å². The van der Waals surface area contributed by atoms with Crippen molar-refractivity contribution in [2.75, 3.05) is 5.32 Å². The molecule has 0 spiro atoms. The van der Waals surface area contributed by atoms with E-state index in [1.807, 2.05) is 36.4 Å². The van der Waals surface area contributed by atoms with Crippen LogP contribution in [0.15, 0.2) is 42.5 Å². The van der Waals surface area contributed by atoms with E-state index in [4.69, 9.17) is 5.11 Å². The number of anilines is 1. The summed E-state index contributed by atoms with van der Waals surface area (Å²) in [7, 11) is 0. The lowest BCUT2D eigenvalue weighted by Crippen LogP contribution is -2.05. The molecule has 0 bridgehead atoms. The van der Waals surface area contributed by atoms with E-state index in [2.05, 4.69) is 10.3 Å². The van der Waals surface area contributed by atoms with E-state index in [1.165, 1.54) is 6.07 Å². The van der Waals surface area contributed by atoms with Crippen LogP contribution in [0.5, 0.6) is 0 Å². The molecule has 1 aromatic carbocycles. The number of carboxylic acids is 1. The molecule has 2 aromatic rings. The van der Waals surface area contributed by atoms with E-state index in [-0.39, 0.29) is 5.69 Å². The zero-order valence-electron chi connectivity index (χ0n) is 10.1. The number of nitrogens with zero attached hydrogens (tertiary/aromatic N) is 1. The molecular formula is C14H14N2O2. The molecule has 1 aromatic heterocycles. The summed E-state index contributed by atoms with van der Waals surface area (Å²) in [4.78, 5) is 14.8. The lowest BCUT2D eigenvalue weighted by molar-refractivity contribution is 0.0690. The highest BCUT2D eigenvalue weighted by molar-refractivity contribution is 5.86. The van der Waals surface area contributed by atoms with Crippen molar-refractivity contribution in [3.05, 3.63) is 59.4 Å².